The van der Waals surface area contributed by atoms with Crippen molar-refractivity contribution in [1.29, 1.82) is 0 Å². The van der Waals surface area contributed by atoms with Gasteiger partial charge in [-0.2, -0.15) is 0 Å². The van der Waals surface area contributed by atoms with Crippen LogP contribution in [0.2, 0.25) is 0 Å². The highest BCUT2D eigenvalue weighted by atomic mass is 28.3. The molecule has 3 aromatic rings. The monoisotopic (exact) mass is 430 g/mol. The number of carbonyl (C=O) groups excluding carboxylic acids is 1. The van der Waals surface area contributed by atoms with Crippen LogP contribution in [0.1, 0.15) is 38.3 Å². The van der Waals surface area contributed by atoms with Crippen LogP contribution in [0.15, 0.2) is 78.9 Å². The zero-order valence-electron chi connectivity index (χ0n) is 18.5. The minimum absolute atomic E-state index is 0.0755. The molecule has 0 aliphatic carbocycles. The third-order valence-electron chi connectivity index (χ3n) is 5.86. The van der Waals surface area contributed by atoms with Gasteiger partial charge in [-0.3, -0.25) is 4.79 Å². The molecule has 0 amide bonds. The molecule has 0 spiro atoms. The van der Waals surface area contributed by atoms with E-state index in [0.29, 0.717) is 13.0 Å². The summed E-state index contributed by atoms with van der Waals surface area (Å²) < 4.78 is 12.2. The molecule has 1 atom stereocenters. The van der Waals surface area contributed by atoms with Crippen molar-refractivity contribution in [1.82, 2.24) is 0 Å². The molecule has 1 saturated heterocycles. The van der Waals surface area contributed by atoms with Crippen LogP contribution >= 0.6 is 0 Å². The molecule has 4 heteroatoms. The Morgan fingerprint density at radius 3 is 2.03 bits per heavy atom. The molecular weight excluding hydrogens is 400 g/mol. The molecule has 1 aliphatic rings. The van der Waals surface area contributed by atoms with Gasteiger partial charge in [-0.25, -0.2) is 0 Å². The molecule has 1 fully saturated rings. The maximum Gasteiger partial charge on any atom is 0.309 e. The lowest BCUT2D eigenvalue weighted by molar-refractivity contribution is -0.141. The lowest BCUT2D eigenvalue weighted by atomic mass is 9.84. The Morgan fingerprint density at radius 2 is 1.52 bits per heavy atom. The summed E-state index contributed by atoms with van der Waals surface area (Å²) in [4.78, 5) is 12.2. The zero-order valence-corrected chi connectivity index (χ0v) is 19.7. The second kappa shape index (κ2) is 9.11. The van der Waals surface area contributed by atoms with E-state index in [-0.39, 0.29) is 17.3 Å². The van der Waals surface area contributed by atoms with E-state index in [1.54, 1.807) is 0 Å². The van der Waals surface area contributed by atoms with Crippen LogP contribution in [0.5, 0.6) is 5.75 Å². The lowest BCUT2D eigenvalue weighted by Crippen LogP contribution is -2.48. The SMILES string of the molecule is CC(C)(C)c1cccc(CC2CCOC2=O)c1O[SiH](c1ccccc1)c1ccccc1. The van der Waals surface area contributed by atoms with Gasteiger partial charge >= 0.3 is 5.97 Å². The Balaban J connectivity index is 1.79. The lowest BCUT2D eigenvalue weighted by Gasteiger charge is -2.29. The van der Waals surface area contributed by atoms with Crippen molar-refractivity contribution < 1.29 is 14.0 Å². The van der Waals surface area contributed by atoms with Gasteiger partial charge in [-0.15, -0.1) is 0 Å². The number of ether oxygens (including phenoxy) is 1. The van der Waals surface area contributed by atoms with Crippen LogP contribution in [0, 0.1) is 5.92 Å². The maximum absolute atomic E-state index is 12.2. The van der Waals surface area contributed by atoms with Crippen LogP contribution in [-0.2, 0) is 21.4 Å². The molecular formula is C27H30O3Si. The molecule has 4 rings (SSSR count). The number of carbonyl (C=O) groups is 1. The predicted octanol–water partition coefficient (Wildman–Crippen LogP) is 4.01. The van der Waals surface area contributed by atoms with Crippen molar-refractivity contribution in [3.63, 3.8) is 0 Å². The van der Waals surface area contributed by atoms with Crippen LogP contribution in [0.25, 0.3) is 0 Å². The Bertz CT molecular complexity index is 986. The highest BCUT2D eigenvalue weighted by Gasteiger charge is 2.31. The molecule has 0 radical (unpaired) electrons. The predicted molar refractivity (Wildman–Crippen MR) is 128 cm³/mol. The highest BCUT2D eigenvalue weighted by Crippen LogP contribution is 2.36. The van der Waals surface area contributed by atoms with Gasteiger partial charge < -0.3 is 9.16 Å². The third kappa shape index (κ3) is 4.91. The summed E-state index contributed by atoms with van der Waals surface area (Å²) in [5.74, 6) is 0.761. The number of hydrogen-bond acceptors (Lipinski definition) is 3. The standard InChI is InChI=1S/C27H30O3Si/c1-27(2,3)24-16-10-11-20(19-21-17-18-29-26(21)28)25(24)30-31(22-12-6-4-7-13-22)23-14-8-5-9-15-23/h4-16,21,31H,17-19H2,1-3H3. The topological polar surface area (TPSA) is 35.5 Å². The van der Waals surface area contributed by atoms with E-state index in [0.717, 1.165) is 17.7 Å². The quantitative estimate of drug-likeness (QED) is 0.438. The van der Waals surface area contributed by atoms with Gasteiger partial charge in [0.05, 0.1) is 12.5 Å². The van der Waals surface area contributed by atoms with E-state index in [9.17, 15) is 4.79 Å². The molecule has 3 nitrogen and oxygen atoms in total. The zero-order chi connectivity index (χ0) is 21.8. The van der Waals surface area contributed by atoms with Crippen molar-refractivity contribution in [2.45, 2.75) is 39.0 Å². The van der Waals surface area contributed by atoms with Crippen LogP contribution in [-0.4, -0.2) is 21.6 Å². The normalized spacial score (nSPS) is 16.4. The molecule has 0 N–H and O–H groups in total. The summed E-state index contributed by atoms with van der Waals surface area (Å²) in [6.07, 6.45) is 1.43. The largest absolute Gasteiger partial charge is 0.537 e. The molecule has 160 valence electrons. The fourth-order valence-electron chi connectivity index (χ4n) is 4.17. The summed E-state index contributed by atoms with van der Waals surface area (Å²) in [6, 6.07) is 27.4. The first-order valence-corrected chi connectivity index (χ1v) is 12.6. The summed E-state index contributed by atoms with van der Waals surface area (Å²) in [5, 5.41) is 2.48. The number of cyclic esters (lactones) is 1. The summed E-state index contributed by atoms with van der Waals surface area (Å²) in [7, 11) is -1.98. The van der Waals surface area contributed by atoms with Crippen molar-refractivity contribution in [2.24, 2.45) is 5.92 Å². The summed E-state index contributed by atoms with van der Waals surface area (Å²) >= 11 is 0. The smallest absolute Gasteiger partial charge is 0.309 e. The maximum atomic E-state index is 12.2. The molecule has 1 unspecified atom stereocenters. The second-order valence-corrected chi connectivity index (χ2v) is 11.5. The van der Waals surface area contributed by atoms with Crippen molar-refractivity contribution in [2.75, 3.05) is 6.61 Å². The van der Waals surface area contributed by atoms with Gasteiger partial charge in [-0.05, 0) is 39.8 Å². The molecule has 3 aromatic carbocycles. The van der Waals surface area contributed by atoms with Crippen molar-refractivity contribution in [3.05, 3.63) is 90.0 Å². The molecule has 31 heavy (non-hydrogen) atoms. The summed E-state index contributed by atoms with van der Waals surface area (Å²) in [5.41, 5.74) is 2.20. The first kappa shape index (κ1) is 21.4. The van der Waals surface area contributed by atoms with Gasteiger partial charge in [0.2, 0.25) is 0 Å². The van der Waals surface area contributed by atoms with E-state index in [1.165, 1.54) is 15.9 Å². The number of benzene rings is 3. The Hall–Kier alpha value is -2.85. The first-order valence-electron chi connectivity index (χ1n) is 11.0. The van der Waals surface area contributed by atoms with Crippen molar-refractivity contribution in [3.8, 4) is 5.75 Å². The average molecular weight is 431 g/mol. The number of rotatable bonds is 6. The third-order valence-corrected chi connectivity index (χ3v) is 8.31. The van der Waals surface area contributed by atoms with Gasteiger partial charge in [0.15, 0.2) is 0 Å². The molecule has 0 saturated carbocycles. The van der Waals surface area contributed by atoms with E-state index in [2.05, 4.69) is 87.5 Å². The molecule has 0 aromatic heterocycles. The van der Waals surface area contributed by atoms with Crippen LogP contribution in [0.3, 0.4) is 0 Å². The minimum Gasteiger partial charge on any atom is -0.537 e. The van der Waals surface area contributed by atoms with Crippen LogP contribution < -0.4 is 14.8 Å². The van der Waals surface area contributed by atoms with E-state index in [1.807, 2.05) is 12.1 Å². The average Bonchev–Trinajstić information content (AvgIpc) is 3.17. The van der Waals surface area contributed by atoms with E-state index < -0.39 is 9.04 Å². The van der Waals surface area contributed by atoms with Gasteiger partial charge in [0.1, 0.15) is 5.75 Å². The molecule has 1 aliphatic heterocycles. The van der Waals surface area contributed by atoms with Gasteiger partial charge in [0.25, 0.3) is 9.04 Å². The first-order chi connectivity index (χ1) is 14.9. The van der Waals surface area contributed by atoms with Gasteiger partial charge in [-0.1, -0.05) is 99.6 Å². The van der Waals surface area contributed by atoms with Crippen molar-refractivity contribution >= 4 is 25.4 Å². The van der Waals surface area contributed by atoms with E-state index in [4.69, 9.17) is 9.16 Å². The van der Waals surface area contributed by atoms with Crippen LogP contribution in [0.4, 0.5) is 0 Å². The van der Waals surface area contributed by atoms with E-state index >= 15 is 0 Å². The second-order valence-electron chi connectivity index (χ2n) is 9.22. The number of hydrogen-bond donors (Lipinski definition) is 0. The Morgan fingerprint density at radius 1 is 0.903 bits per heavy atom. The fraction of sp³-hybridized carbons (Fsp3) is 0.296. The fourth-order valence-corrected chi connectivity index (χ4v) is 6.48. The number of para-hydroxylation sites is 1. The minimum atomic E-state index is -1.98. The Kier molecular flexibility index (Phi) is 6.28. The summed E-state index contributed by atoms with van der Waals surface area (Å²) in [6.45, 7) is 7.16. The molecule has 0 bridgehead atoms. The molecule has 1 heterocycles. The number of esters is 1. The highest BCUT2D eigenvalue weighted by molar-refractivity contribution is 6.80. The Labute approximate surface area is 186 Å². The van der Waals surface area contributed by atoms with Gasteiger partial charge in [0, 0.05) is 0 Å².